The van der Waals surface area contributed by atoms with Crippen LogP contribution < -0.4 is 0 Å². The molecule has 1 aliphatic heterocycles. The van der Waals surface area contributed by atoms with E-state index in [9.17, 15) is 4.79 Å². The number of hydrogen-bond donors (Lipinski definition) is 0. The Labute approximate surface area is 149 Å². The van der Waals surface area contributed by atoms with Gasteiger partial charge in [0.05, 0.1) is 6.04 Å². The van der Waals surface area contributed by atoms with Gasteiger partial charge >= 0.3 is 0 Å². The first-order chi connectivity index (χ1) is 11.6. The molecule has 2 nitrogen and oxygen atoms in total. The largest absolute Gasteiger partial charge is 0.331 e. The molecule has 2 aromatic carbocycles. The molecule has 0 aliphatic carbocycles. The van der Waals surface area contributed by atoms with Crippen LogP contribution in [0, 0.1) is 5.92 Å². The van der Waals surface area contributed by atoms with E-state index in [1.165, 1.54) is 11.1 Å². The molecule has 0 unspecified atom stereocenters. The number of rotatable bonds is 4. The summed E-state index contributed by atoms with van der Waals surface area (Å²) in [6, 6.07) is 16.4. The molecule has 126 valence electrons. The van der Waals surface area contributed by atoms with Crippen LogP contribution in [-0.2, 0) is 11.2 Å². The van der Waals surface area contributed by atoms with Gasteiger partial charge in [0.2, 0.25) is 5.91 Å². The van der Waals surface area contributed by atoms with Crippen LogP contribution in [-0.4, -0.2) is 17.4 Å². The fourth-order valence-electron chi connectivity index (χ4n) is 3.65. The van der Waals surface area contributed by atoms with Crippen LogP contribution >= 0.6 is 11.6 Å². The Morgan fingerprint density at radius 1 is 1.21 bits per heavy atom. The molecule has 3 heteroatoms. The van der Waals surface area contributed by atoms with Gasteiger partial charge in [-0.15, -0.1) is 0 Å². The van der Waals surface area contributed by atoms with E-state index in [0.29, 0.717) is 0 Å². The smallest absolute Gasteiger partial charge is 0.226 e. The zero-order valence-electron chi connectivity index (χ0n) is 14.3. The summed E-state index contributed by atoms with van der Waals surface area (Å²) in [5, 5.41) is 0.722. The van der Waals surface area contributed by atoms with E-state index in [1.54, 1.807) is 0 Å². The highest BCUT2D eigenvalue weighted by molar-refractivity contribution is 6.30. The quantitative estimate of drug-likeness (QED) is 0.743. The van der Waals surface area contributed by atoms with E-state index in [4.69, 9.17) is 11.6 Å². The number of hydrogen-bond acceptors (Lipinski definition) is 1. The average Bonchev–Trinajstić information content (AvgIpc) is 2.61. The van der Waals surface area contributed by atoms with Crippen molar-refractivity contribution in [3.8, 4) is 0 Å². The minimum absolute atomic E-state index is 0.0148. The SMILES string of the molecule is CCC[C@H](C)C(=O)N1CCc2ccccc2[C@@H]1c1ccc(Cl)cc1. The second kappa shape index (κ2) is 7.40. The summed E-state index contributed by atoms with van der Waals surface area (Å²) in [5.41, 5.74) is 3.70. The maximum absolute atomic E-state index is 13.0. The zero-order valence-corrected chi connectivity index (χ0v) is 15.1. The molecule has 3 rings (SSSR count). The Hall–Kier alpha value is -1.80. The predicted molar refractivity (Wildman–Crippen MR) is 99.2 cm³/mol. The van der Waals surface area contributed by atoms with Crippen LogP contribution in [0.2, 0.25) is 5.02 Å². The molecule has 0 saturated heterocycles. The van der Waals surface area contributed by atoms with Gasteiger partial charge in [0.1, 0.15) is 0 Å². The summed E-state index contributed by atoms with van der Waals surface area (Å²) in [7, 11) is 0. The van der Waals surface area contributed by atoms with Crippen molar-refractivity contribution in [2.45, 2.75) is 39.2 Å². The molecular weight excluding hydrogens is 318 g/mol. The molecule has 1 heterocycles. The van der Waals surface area contributed by atoms with Crippen LogP contribution in [0.1, 0.15) is 49.4 Å². The standard InChI is InChI=1S/C21H24ClNO/c1-3-6-15(2)21(24)23-14-13-16-7-4-5-8-19(16)20(23)17-9-11-18(22)12-10-17/h4-5,7-12,15,20H,3,6,13-14H2,1-2H3/t15-,20-/m0/s1. The van der Waals surface area contributed by atoms with Gasteiger partial charge in [0, 0.05) is 17.5 Å². The lowest BCUT2D eigenvalue weighted by Crippen LogP contribution is -2.43. The number of fused-ring (bicyclic) bond motifs is 1. The molecule has 2 atom stereocenters. The van der Waals surface area contributed by atoms with Gasteiger partial charge in [-0.2, -0.15) is 0 Å². The van der Waals surface area contributed by atoms with E-state index in [2.05, 4.69) is 36.1 Å². The third-order valence-corrected chi connectivity index (χ3v) is 5.15. The highest BCUT2D eigenvalue weighted by Gasteiger charge is 2.33. The summed E-state index contributed by atoms with van der Waals surface area (Å²) in [5.74, 6) is 0.321. The third-order valence-electron chi connectivity index (χ3n) is 4.90. The van der Waals surface area contributed by atoms with Gasteiger partial charge in [0.15, 0.2) is 0 Å². The lowest BCUT2D eigenvalue weighted by molar-refractivity contribution is -0.137. The fraction of sp³-hybridized carbons (Fsp3) is 0.381. The number of carbonyl (C=O) groups excluding carboxylic acids is 1. The number of benzene rings is 2. The number of nitrogens with zero attached hydrogens (tertiary/aromatic N) is 1. The van der Waals surface area contributed by atoms with Crippen molar-refractivity contribution in [3.63, 3.8) is 0 Å². The summed E-state index contributed by atoms with van der Waals surface area (Å²) < 4.78 is 0. The van der Waals surface area contributed by atoms with Gasteiger partial charge in [-0.25, -0.2) is 0 Å². The summed E-state index contributed by atoms with van der Waals surface area (Å²) >= 11 is 6.06. The van der Waals surface area contributed by atoms with Gasteiger partial charge in [-0.3, -0.25) is 4.79 Å². The first-order valence-electron chi connectivity index (χ1n) is 8.75. The maximum Gasteiger partial charge on any atom is 0.226 e. The van der Waals surface area contributed by atoms with Gasteiger partial charge in [-0.05, 0) is 41.7 Å². The Kier molecular flexibility index (Phi) is 5.25. The van der Waals surface area contributed by atoms with E-state index >= 15 is 0 Å². The van der Waals surface area contributed by atoms with E-state index in [0.717, 1.165) is 36.4 Å². The third kappa shape index (κ3) is 3.34. The van der Waals surface area contributed by atoms with Crippen molar-refractivity contribution in [3.05, 3.63) is 70.2 Å². The molecule has 1 amide bonds. The van der Waals surface area contributed by atoms with Crippen molar-refractivity contribution >= 4 is 17.5 Å². The van der Waals surface area contributed by atoms with Gasteiger partial charge in [-0.1, -0.05) is 68.3 Å². The first kappa shape index (κ1) is 17.0. The lowest BCUT2D eigenvalue weighted by atomic mass is 9.87. The lowest BCUT2D eigenvalue weighted by Gasteiger charge is -2.39. The number of halogens is 1. The average molecular weight is 342 g/mol. The Balaban J connectivity index is 2.02. The second-order valence-corrected chi connectivity index (χ2v) is 7.06. The van der Waals surface area contributed by atoms with Gasteiger partial charge < -0.3 is 4.90 Å². The van der Waals surface area contributed by atoms with Crippen LogP contribution in [0.25, 0.3) is 0 Å². The second-order valence-electron chi connectivity index (χ2n) is 6.62. The van der Waals surface area contributed by atoms with Crippen molar-refractivity contribution < 1.29 is 4.79 Å². The minimum Gasteiger partial charge on any atom is -0.331 e. The molecule has 0 spiro atoms. The first-order valence-corrected chi connectivity index (χ1v) is 9.13. The molecule has 0 bridgehead atoms. The minimum atomic E-state index is -0.0148. The van der Waals surface area contributed by atoms with Crippen LogP contribution in [0.4, 0.5) is 0 Å². The molecule has 1 aliphatic rings. The molecule has 0 radical (unpaired) electrons. The zero-order chi connectivity index (χ0) is 17.1. The van der Waals surface area contributed by atoms with Crippen molar-refractivity contribution in [1.82, 2.24) is 4.90 Å². The topological polar surface area (TPSA) is 20.3 Å². The summed E-state index contributed by atoms with van der Waals surface area (Å²) in [6.07, 6.45) is 2.89. The van der Waals surface area contributed by atoms with Crippen LogP contribution in [0.3, 0.4) is 0 Å². The Bertz CT molecular complexity index is 710. The number of carbonyl (C=O) groups is 1. The summed E-state index contributed by atoms with van der Waals surface area (Å²) in [6.45, 7) is 4.95. The maximum atomic E-state index is 13.0. The van der Waals surface area contributed by atoms with E-state index < -0.39 is 0 Å². The number of amides is 1. The summed E-state index contributed by atoms with van der Waals surface area (Å²) in [4.78, 5) is 15.1. The van der Waals surface area contributed by atoms with Crippen LogP contribution in [0.5, 0.6) is 0 Å². The molecule has 0 saturated carbocycles. The molecule has 2 aromatic rings. The molecule has 0 N–H and O–H groups in total. The van der Waals surface area contributed by atoms with Crippen molar-refractivity contribution in [2.24, 2.45) is 5.92 Å². The highest BCUT2D eigenvalue weighted by Crippen LogP contribution is 2.36. The van der Waals surface area contributed by atoms with E-state index in [-0.39, 0.29) is 17.9 Å². The fourth-order valence-corrected chi connectivity index (χ4v) is 3.77. The normalized spacial score (nSPS) is 18.1. The monoisotopic (exact) mass is 341 g/mol. The predicted octanol–water partition coefficient (Wildman–Crippen LogP) is 5.25. The molecular formula is C21H24ClNO. The van der Waals surface area contributed by atoms with Gasteiger partial charge in [0.25, 0.3) is 0 Å². The van der Waals surface area contributed by atoms with Crippen LogP contribution in [0.15, 0.2) is 48.5 Å². The Morgan fingerprint density at radius 2 is 1.92 bits per heavy atom. The Morgan fingerprint density at radius 3 is 2.62 bits per heavy atom. The van der Waals surface area contributed by atoms with E-state index in [1.807, 2.05) is 31.2 Å². The molecule has 0 aromatic heterocycles. The molecule has 0 fully saturated rings. The van der Waals surface area contributed by atoms with Crippen molar-refractivity contribution in [1.29, 1.82) is 0 Å². The molecule has 24 heavy (non-hydrogen) atoms. The highest BCUT2D eigenvalue weighted by atomic mass is 35.5. The van der Waals surface area contributed by atoms with Crippen molar-refractivity contribution in [2.75, 3.05) is 6.54 Å².